The van der Waals surface area contributed by atoms with E-state index in [9.17, 15) is 9.00 Å². The maximum atomic E-state index is 11.4. The monoisotopic (exact) mass is 302 g/mol. The van der Waals surface area contributed by atoms with Gasteiger partial charge in [-0.15, -0.1) is 0 Å². The molecule has 1 aliphatic rings. The highest BCUT2D eigenvalue weighted by atomic mass is 35.5. The summed E-state index contributed by atoms with van der Waals surface area (Å²) in [7, 11) is 0.286. The van der Waals surface area contributed by atoms with Crippen LogP contribution in [0.1, 0.15) is 41.8 Å². The first kappa shape index (κ1) is 14.0. The van der Waals surface area contributed by atoms with Crippen LogP contribution in [0.2, 0.25) is 0 Å². The fraction of sp³-hybridized carbons (Fsp3) is 0.462. The lowest BCUT2D eigenvalue weighted by Gasteiger charge is -2.34. The molecule has 1 aromatic carbocycles. The van der Waals surface area contributed by atoms with Crippen molar-refractivity contribution < 1.29 is 9.00 Å². The first-order valence-corrected chi connectivity index (χ1v) is 8.76. The van der Waals surface area contributed by atoms with Gasteiger partial charge in [0.15, 0.2) is 0 Å². The largest absolute Gasteiger partial charge is 0.276 e. The Morgan fingerprint density at radius 3 is 2.67 bits per heavy atom. The van der Waals surface area contributed by atoms with Crippen molar-refractivity contribution in [2.24, 2.45) is 0 Å². The minimum Gasteiger partial charge on any atom is -0.276 e. The van der Waals surface area contributed by atoms with E-state index in [-0.39, 0.29) is 14.9 Å². The lowest BCUT2D eigenvalue weighted by Crippen LogP contribution is -2.28. The topological polar surface area (TPSA) is 34.1 Å². The first-order chi connectivity index (χ1) is 8.38. The molecule has 1 aromatic rings. The van der Waals surface area contributed by atoms with E-state index in [2.05, 4.69) is 13.8 Å². The van der Waals surface area contributed by atoms with E-state index < -0.39 is 5.24 Å². The average Bonchev–Trinajstić information content (AvgIpc) is 2.29. The molecule has 0 aromatic heterocycles. The van der Waals surface area contributed by atoms with Crippen LogP contribution < -0.4 is 0 Å². The van der Waals surface area contributed by atoms with Crippen LogP contribution in [0.5, 0.6) is 0 Å². The third-order valence-corrected chi connectivity index (χ3v) is 6.99. The van der Waals surface area contributed by atoms with Crippen LogP contribution in [0.4, 0.5) is 0 Å². The number of hydrogen-bond acceptors (Lipinski definition) is 2. The second-order valence-corrected chi connectivity index (χ2v) is 8.74. The molecule has 0 spiro atoms. The van der Waals surface area contributed by atoms with Crippen molar-refractivity contribution >= 4 is 36.5 Å². The summed E-state index contributed by atoms with van der Waals surface area (Å²) < 4.78 is 11.3. The summed E-state index contributed by atoms with van der Waals surface area (Å²) in [4.78, 5) is 12.4. The molecule has 1 atom stereocenters. The lowest BCUT2D eigenvalue weighted by atomic mass is 9.80. The second kappa shape index (κ2) is 4.91. The quantitative estimate of drug-likeness (QED) is 0.747. The molecule has 0 amide bonds. The van der Waals surface area contributed by atoms with Crippen LogP contribution >= 0.6 is 11.6 Å². The van der Waals surface area contributed by atoms with E-state index in [1.807, 2.05) is 13.0 Å². The first-order valence-electron chi connectivity index (χ1n) is 5.73. The van der Waals surface area contributed by atoms with Gasteiger partial charge in [-0.2, -0.15) is 0 Å². The van der Waals surface area contributed by atoms with Crippen LogP contribution in [0.25, 0.3) is 0 Å². The minimum atomic E-state index is -0.446. The van der Waals surface area contributed by atoms with Crippen molar-refractivity contribution in [1.29, 1.82) is 0 Å². The van der Waals surface area contributed by atoms with E-state index in [4.69, 9.17) is 11.6 Å². The van der Waals surface area contributed by atoms with Crippen LogP contribution in [0.3, 0.4) is 0 Å². The van der Waals surface area contributed by atoms with Gasteiger partial charge in [0.25, 0.3) is 5.24 Å². The van der Waals surface area contributed by atoms with Crippen molar-refractivity contribution in [2.45, 2.75) is 37.5 Å². The smallest absolute Gasteiger partial charge is 0.252 e. The maximum Gasteiger partial charge on any atom is 0.252 e. The maximum absolute atomic E-state index is 11.4. The van der Waals surface area contributed by atoms with Crippen LogP contribution in [0.15, 0.2) is 17.0 Å². The van der Waals surface area contributed by atoms with Gasteiger partial charge in [-0.05, 0) is 47.6 Å². The van der Waals surface area contributed by atoms with Gasteiger partial charge in [-0.3, -0.25) is 4.79 Å². The van der Waals surface area contributed by atoms with Crippen molar-refractivity contribution in [2.75, 3.05) is 5.75 Å². The Morgan fingerprint density at radius 1 is 1.44 bits per heavy atom. The van der Waals surface area contributed by atoms with Crippen molar-refractivity contribution in [3.63, 3.8) is 0 Å². The summed E-state index contributed by atoms with van der Waals surface area (Å²) in [6, 6.07) is 3.75. The van der Waals surface area contributed by atoms with Crippen molar-refractivity contribution in [3.8, 4) is 0 Å². The Kier molecular flexibility index (Phi) is 3.81. The summed E-state index contributed by atoms with van der Waals surface area (Å²) in [5.41, 5.74) is 2.67. The summed E-state index contributed by atoms with van der Waals surface area (Å²) in [5, 5.41) is -0.446. The number of benzene rings is 1. The van der Waals surface area contributed by atoms with Crippen LogP contribution in [-0.4, -0.2) is 15.2 Å². The second-order valence-electron chi connectivity index (χ2n) is 5.14. The number of rotatable bonds is 1. The Hall–Kier alpha value is -0.450. The molecule has 2 rings (SSSR count). The highest BCUT2D eigenvalue weighted by Gasteiger charge is 2.32. The minimum absolute atomic E-state index is 0.0627. The van der Waals surface area contributed by atoms with Gasteiger partial charge >= 0.3 is 0 Å². The Balaban J connectivity index is 2.80. The molecule has 1 unspecified atom stereocenters. The van der Waals surface area contributed by atoms with Crippen molar-refractivity contribution in [3.05, 3.63) is 28.8 Å². The summed E-state index contributed by atoms with van der Waals surface area (Å²) in [5.74, 6) is 0.884. The molecule has 0 bridgehead atoms. The molecule has 98 valence electrons. The molecule has 0 N–H and O–H groups in total. The molecule has 1 aliphatic heterocycles. The third-order valence-electron chi connectivity index (χ3n) is 3.57. The number of carbonyl (C=O) groups is 1. The zero-order valence-electron chi connectivity index (χ0n) is 10.6. The standard InChI is InChI=1S/C13H15ClO2S2/c1-8-9(12(14)15)4-5-10-11(8)18(17-16)7-6-13(10,2)3/h4-5H,6-7H2,1-3H3. The molecule has 18 heavy (non-hydrogen) atoms. The predicted molar refractivity (Wildman–Crippen MR) is 77.6 cm³/mol. The molecule has 0 saturated heterocycles. The number of hydrogen-bond donors (Lipinski definition) is 0. The van der Waals surface area contributed by atoms with Gasteiger partial charge < -0.3 is 0 Å². The fourth-order valence-electron chi connectivity index (χ4n) is 2.38. The molecule has 0 aliphatic carbocycles. The van der Waals surface area contributed by atoms with E-state index in [1.165, 1.54) is 5.56 Å². The fourth-order valence-corrected chi connectivity index (χ4v) is 5.97. The van der Waals surface area contributed by atoms with E-state index in [0.29, 0.717) is 15.8 Å². The van der Waals surface area contributed by atoms with Gasteiger partial charge in [-0.25, -0.2) is 4.21 Å². The lowest BCUT2D eigenvalue weighted by molar-refractivity contribution is 0.108. The highest BCUT2D eigenvalue weighted by Crippen LogP contribution is 2.39. The zero-order chi connectivity index (χ0) is 13.5. The molecule has 2 nitrogen and oxygen atoms in total. The van der Waals surface area contributed by atoms with E-state index >= 15 is 0 Å². The summed E-state index contributed by atoms with van der Waals surface area (Å²) in [6.07, 6.45) is 1.01. The highest BCUT2D eigenvalue weighted by molar-refractivity contribution is 8.31. The Labute approximate surface area is 117 Å². The Bertz CT molecular complexity index is 587. The molecular weight excluding hydrogens is 288 g/mol. The SMILES string of the molecule is Cc1c(C(=O)Cl)ccc2c1S(=S=O)CCC2(C)C. The van der Waals surface area contributed by atoms with Gasteiger partial charge in [0.05, 0.1) is 0 Å². The number of halogens is 1. The Morgan fingerprint density at radius 2 is 2.11 bits per heavy atom. The number of carbonyl (C=O) groups excluding carboxylic acids is 1. The molecule has 0 fully saturated rings. The van der Waals surface area contributed by atoms with Gasteiger partial charge in [0.2, 0.25) is 0 Å². The molecular formula is C13H15ClO2S2. The van der Waals surface area contributed by atoms with Gasteiger partial charge in [-0.1, -0.05) is 29.4 Å². The predicted octanol–water partition coefficient (Wildman–Crippen LogP) is 3.16. The number of fused-ring (bicyclic) bond motifs is 1. The molecule has 1 heterocycles. The van der Waals surface area contributed by atoms with E-state index in [1.54, 1.807) is 6.07 Å². The van der Waals surface area contributed by atoms with Gasteiger partial charge in [0.1, 0.15) is 10.2 Å². The molecule has 0 radical (unpaired) electrons. The normalized spacial score (nSPS) is 21.2. The van der Waals surface area contributed by atoms with E-state index in [0.717, 1.165) is 22.6 Å². The molecule has 5 heteroatoms. The van der Waals surface area contributed by atoms with Crippen molar-refractivity contribution in [1.82, 2.24) is 0 Å². The van der Waals surface area contributed by atoms with Crippen LogP contribution in [0, 0.1) is 6.92 Å². The zero-order valence-corrected chi connectivity index (χ0v) is 13.0. The molecule has 0 saturated carbocycles. The van der Waals surface area contributed by atoms with Crippen LogP contribution in [-0.2, 0) is 25.1 Å². The average molecular weight is 303 g/mol. The summed E-state index contributed by atoms with van der Waals surface area (Å²) >= 11 is 5.59. The van der Waals surface area contributed by atoms with Gasteiger partial charge in [0, 0.05) is 16.2 Å². The summed E-state index contributed by atoms with van der Waals surface area (Å²) in [6.45, 7) is 6.26. The third kappa shape index (κ3) is 2.22.